The smallest absolute Gasteiger partial charge is 0.252 e. The van der Waals surface area contributed by atoms with Crippen LogP contribution < -0.4 is 62.2 Å². The Balaban J connectivity index is 0.854. The highest BCUT2D eigenvalue weighted by atomic mass is 15.3. The predicted molar refractivity (Wildman–Crippen MR) is 436 cm³/mol. The lowest BCUT2D eigenvalue weighted by atomic mass is 9.30. The van der Waals surface area contributed by atoms with Crippen LogP contribution in [0.1, 0.15) is 64.2 Å². The molecule has 4 aliphatic carbocycles. The highest BCUT2D eigenvalue weighted by Gasteiger charge is 2.53. The van der Waals surface area contributed by atoms with Gasteiger partial charge in [0.15, 0.2) is 0 Å². The Bertz CT molecular complexity index is 5420. The molecule has 0 spiro atoms. The highest BCUT2D eigenvalue weighted by molar-refractivity contribution is 7.03. The molecule has 4 saturated heterocycles. The second-order valence-electron chi connectivity index (χ2n) is 31.9. The van der Waals surface area contributed by atoms with Gasteiger partial charge in [0.2, 0.25) is 0 Å². The van der Waals surface area contributed by atoms with Crippen molar-refractivity contribution in [2.24, 2.45) is 23.7 Å². The summed E-state index contributed by atoms with van der Waals surface area (Å²) in [7, 11) is 0. The number of rotatable bonds is 10. The van der Waals surface area contributed by atoms with Crippen LogP contribution in [0.4, 0.5) is 79.6 Å². The first-order valence-electron chi connectivity index (χ1n) is 38.6. The first-order valence-corrected chi connectivity index (χ1v) is 38.6. The molecule has 25 rings (SSSR count). The van der Waals surface area contributed by atoms with Crippen LogP contribution in [0.25, 0.3) is 44.5 Å². The van der Waals surface area contributed by atoms with Crippen molar-refractivity contribution in [1.29, 1.82) is 0 Å². The molecule has 8 aliphatic heterocycles. The molecule has 8 fully saturated rings. The maximum atomic E-state index is 2.96. The van der Waals surface area contributed by atoms with Crippen molar-refractivity contribution in [3.05, 3.63) is 303 Å². The molecule has 0 amide bonds. The van der Waals surface area contributed by atoms with Gasteiger partial charge in [0.25, 0.3) is 13.4 Å². The van der Waals surface area contributed by atoms with Gasteiger partial charge in [-0.2, -0.15) is 0 Å². The minimum absolute atomic E-state index is 0.140. The first kappa shape index (κ1) is 59.3. The van der Waals surface area contributed by atoms with Crippen molar-refractivity contribution in [2.45, 2.75) is 88.4 Å². The average Bonchev–Trinajstić information content (AvgIpc) is 0.679. The van der Waals surface area contributed by atoms with Crippen LogP contribution in [0.3, 0.4) is 0 Å². The lowest BCUT2D eigenvalue weighted by Crippen LogP contribution is -2.65. The summed E-state index contributed by atoms with van der Waals surface area (Å²) in [5, 5.41) is 0. The minimum atomic E-state index is -0.156. The van der Waals surface area contributed by atoms with Gasteiger partial charge in [-0.1, -0.05) is 237 Å². The third-order valence-electron chi connectivity index (χ3n) is 26.3. The molecule has 104 heavy (non-hydrogen) atoms. The van der Waals surface area contributed by atoms with Crippen molar-refractivity contribution < 1.29 is 0 Å². The molecule has 0 unspecified atom stereocenters. The molecule has 12 aliphatic rings. The second kappa shape index (κ2) is 23.1. The summed E-state index contributed by atoms with van der Waals surface area (Å²) >= 11 is 0. The monoisotopic (exact) mass is 1340 g/mol. The highest BCUT2D eigenvalue weighted by Crippen LogP contribution is 2.59. The lowest BCUT2D eigenvalue weighted by Gasteiger charge is -2.58. The molecule has 8 bridgehead atoms. The standard InChI is InChI=1S/C96H78B2N6/c1-7-25-65(26-8-1)77-37-23-38-78(66-27-9-2-10-28-66)95(77)103-86-44-22-20-42-82(86)98-83-59-84-88(60-87(83)102(70-35-17-6-18-36-70)90-56-76(57-91(103)94(90)98)100-73-51-63-46-64(53-73)54-74(100)52-63)104(96-79(67-29-11-3-12-30-67)39-24-40-80(96)68-31-13-4-14-32-68)92-58-75(99-71-47-61-45-62(49-71)50-72(99)48-61)55-89-93(92)97(84)81-41-19-21-43-85(81)101(89)69-33-15-5-16-34-69/h1-44,55-64,71-74H,45-54H2. The van der Waals surface area contributed by atoms with Crippen molar-refractivity contribution in [3.63, 3.8) is 0 Å². The molecule has 13 aromatic carbocycles. The molecular formula is C96H78B2N6. The Morgan fingerprint density at radius 2 is 0.500 bits per heavy atom. The fourth-order valence-electron chi connectivity index (χ4n) is 22.7. The van der Waals surface area contributed by atoms with E-state index in [4.69, 9.17) is 0 Å². The van der Waals surface area contributed by atoms with Crippen LogP contribution in [0.15, 0.2) is 303 Å². The number of fused-ring (bicyclic) bond motifs is 8. The molecule has 0 atom stereocenters. The number of nitrogens with zero attached hydrogens (tertiary/aromatic N) is 6. The molecule has 0 N–H and O–H groups in total. The summed E-state index contributed by atoms with van der Waals surface area (Å²) in [6.45, 7) is -0.296. The van der Waals surface area contributed by atoms with Crippen LogP contribution in [-0.4, -0.2) is 37.6 Å². The molecule has 6 nitrogen and oxygen atoms in total. The Morgan fingerprint density at radius 1 is 0.212 bits per heavy atom. The van der Waals surface area contributed by atoms with E-state index in [0.29, 0.717) is 24.2 Å². The van der Waals surface area contributed by atoms with E-state index >= 15 is 0 Å². The Labute approximate surface area is 611 Å². The number of piperidine rings is 4. The topological polar surface area (TPSA) is 19.4 Å². The quantitative estimate of drug-likeness (QED) is 0.126. The molecule has 4 saturated carbocycles. The lowest BCUT2D eigenvalue weighted by molar-refractivity contribution is 0.0899. The fourth-order valence-corrected chi connectivity index (χ4v) is 22.7. The van der Waals surface area contributed by atoms with Crippen molar-refractivity contribution in [3.8, 4) is 44.5 Å². The third kappa shape index (κ3) is 8.90. The maximum absolute atomic E-state index is 2.96. The summed E-state index contributed by atoms with van der Waals surface area (Å²) in [5.41, 5.74) is 34.9. The van der Waals surface area contributed by atoms with Gasteiger partial charge < -0.3 is 29.4 Å². The molecule has 0 aromatic heterocycles. The van der Waals surface area contributed by atoms with Crippen LogP contribution in [0.5, 0.6) is 0 Å². The summed E-state index contributed by atoms with van der Waals surface area (Å²) in [5.74, 6) is 3.24. The van der Waals surface area contributed by atoms with Gasteiger partial charge >= 0.3 is 0 Å². The van der Waals surface area contributed by atoms with Crippen LogP contribution in [0, 0.1) is 23.7 Å². The molecule has 0 radical (unpaired) electrons. The Hall–Kier alpha value is -11.2. The molecule has 8 heterocycles. The van der Waals surface area contributed by atoms with E-state index in [1.807, 2.05) is 0 Å². The summed E-state index contributed by atoms with van der Waals surface area (Å²) in [6, 6.07) is 119. The summed E-state index contributed by atoms with van der Waals surface area (Å²) < 4.78 is 0. The van der Waals surface area contributed by atoms with E-state index in [2.05, 4.69) is 333 Å². The number of benzene rings is 13. The second-order valence-corrected chi connectivity index (χ2v) is 31.9. The van der Waals surface area contributed by atoms with Crippen molar-refractivity contribution in [1.82, 2.24) is 0 Å². The molecule has 8 heteroatoms. The van der Waals surface area contributed by atoms with E-state index in [9.17, 15) is 0 Å². The predicted octanol–water partition coefficient (Wildman–Crippen LogP) is 20.1. The minimum Gasteiger partial charge on any atom is -0.365 e. The number of hydrogen-bond donors (Lipinski definition) is 0. The van der Waals surface area contributed by atoms with E-state index < -0.39 is 0 Å². The van der Waals surface area contributed by atoms with Gasteiger partial charge in [0, 0.05) is 115 Å². The SMILES string of the molecule is c1ccc(-c2cccc(-c3ccccc3)c2N2c3ccccc3B3c4cc5c(cc4N(c4ccccc4)c4cc(N6C7CC8CC(C7)CC6C8)cc2c43)N(c2c(-c3ccccc3)cccc2-c2ccccc2)c2cc(N3C4CC6CC(C4)CC3C6)cc3c2B5c2ccccc2N3c2ccccc2)cc1. The average molecular weight is 1340 g/mol. The number of para-hydroxylation sites is 6. The Morgan fingerprint density at radius 3 is 0.865 bits per heavy atom. The normalized spacial score (nSPS) is 22.1. The van der Waals surface area contributed by atoms with Gasteiger partial charge in [-0.3, -0.25) is 0 Å². The largest absolute Gasteiger partial charge is 0.365 e. The zero-order chi connectivity index (χ0) is 67.8. The van der Waals surface area contributed by atoms with Crippen molar-refractivity contribution >= 4 is 126 Å². The number of hydrogen-bond acceptors (Lipinski definition) is 6. The third-order valence-corrected chi connectivity index (χ3v) is 26.3. The summed E-state index contributed by atoms with van der Waals surface area (Å²) in [4.78, 5) is 16.9. The van der Waals surface area contributed by atoms with Crippen LogP contribution in [-0.2, 0) is 0 Å². The van der Waals surface area contributed by atoms with E-state index in [1.165, 1.54) is 215 Å². The molecular weight excluding hydrogens is 1260 g/mol. The van der Waals surface area contributed by atoms with E-state index in [0.717, 1.165) is 29.4 Å². The van der Waals surface area contributed by atoms with Crippen LogP contribution >= 0.6 is 0 Å². The zero-order valence-corrected chi connectivity index (χ0v) is 58.4. The van der Waals surface area contributed by atoms with Crippen molar-refractivity contribution in [2.75, 3.05) is 29.4 Å². The van der Waals surface area contributed by atoms with Gasteiger partial charge in [-0.25, -0.2) is 0 Å². The van der Waals surface area contributed by atoms with Gasteiger partial charge in [0.1, 0.15) is 0 Å². The van der Waals surface area contributed by atoms with Gasteiger partial charge in [0.05, 0.1) is 11.4 Å². The molecule has 498 valence electrons. The summed E-state index contributed by atoms with van der Waals surface area (Å²) in [6.07, 6.45) is 13.0. The first-order chi connectivity index (χ1) is 51.6. The Kier molecular flexibility index (Phi) is 13.2. The van der Waals surface area contributed by atoms with Gasteiger partial charge in [-0.05, 0) is 210 Å². The maximum Gasteiger partial charge on any atom is 0.252 e. The molecule has 13 aromatic rings. The zero-order valence-electron chi connectivity index (χ0n) is 58.4. The van der Waals surface area contributed by atoms with E-state index in [1.54, 1.807) is 0 Å². The number of anilines is 14. The van der Waals surface area contributed by atoms with Crippen LogP contribution in [0.2, 0.25) is 0 Å². The fraction of sp³-hybridized carbons (Fsp3) is 0.188. The van der Waals surface area contributed by atoms with E-state index in [-0.39, 0.29) is 13.4 Å². The van der Waals surface area contributed by atoms with Gasteiger partial charge in [-0.15, -0.1) is 0 Å².